The van der Waals surface area contributed by atoms with Gasteiger partial charge in [0.05, 0.1) is 5.54 Å². The molecule has 24 heavy (non-hydrogen) atoms. The van der Waals surface area contributed by atoms with Crippen molar-refractivity contribution in [3.8, 4) is 0 Å². The third-order valence-corrected chi connectivity index (χ3v) is 4.69. The zero-order valence-corrected chi connectivity index (χ0v) is 15.5. The van der Waals surface area contributed by atoms with Gasteiger partial charge in [-0.3, -0.25) is 9.59 Å². The summed E-state index contributed by atoms with van der Waals surface area (Å²) in [5, 5.41) is 5.84. The molecule has 0 saturated heterocycles. The van der Waals surface area contributed by atoms with Gasteiger partial charge >= 0.3 is 0 Å². The monoisotopic (exact) mass is 353 g/mol. The number of hydrogen-bond donors (Lipinski definition) is 3. The summed E-state index contributed by atoms with van der Waals surface area (Å²) in [6.45, 7) is 6.01. The first-order valence-corrected chi connectivity index (χ1v) is 8.29. The van der Waals surface area contributed by atoms with Gasteiger partial charge in [-0.1, -0.05) is 19.8 Å². The summed E-state index contributed by atoms with van der Waals surface area (Å²) in [6, 6.07) is 6.91. The molecule has 0 heterocycles. The molecule has 2 rings (SSSR count). The second kappa shape index (κ2) is 7.99. The van der Waals surface area contributed by atoms with Crippen molar-refractivity contribution in [2.75, 3.05) is 5.32 Å². The quantitative estimate of drug-likeness (QED) is 0.759. The molecule has 0 aliphatic heterocycles. The van der Waals surface area contributed by atoms with E-state index >= 15 is 0 Å². The molecule has 0 aromatic heterocycles. The standard InChI is InChI=1S/C18H27N3O2.ClH/c1-4-17(2,3)21-15(22)13-7-9-14(10-8-13)20-16(23)18(19)11-5-6-12-18;/h7-10H,4-6,11-12,19H2,1-3H3,(H,20,23)(H,21,22);1H. The molecule has 6 heteroatoms. The minimum atomic E-state index is -0.749. The van der Waals surface area contributed by atoms with Gasteiger partial charge < -0.3 is 16.4 Å². The summed E-state index contributed by atoms with van der Waals surface area (Å²) in [6.07, 6.45) is 4.30. The SMILES string of the molecule is CCC(C)(C)NC(=O)c1ccc(NC(=O)C2(N)CCCC2)cc1.Cl. The Bertz CT molecular complexity index is 578. The van der Waals surface area contributed by atoms with Crippen molar-refractivity contribution in [3.63, 3.8) is 0 Å². The molecule has 134 valence electrons. The van der Waals surface area contributed by atoms with Gasteiger partial charge in [-0.05, 0) is 57.4 Å². The lowest BCUT2D eigenvalue weighted by atomic mass is 9.98. The van der Waals surface area contributed by atoms with Crippen molar-refractivity contribution < 1.29 is 9.59 Å². The lowest BCUT2D eigenvalue weighted by Crippen LogP contribution is -2.48. The van der Waals surface area contributed by atoms with E-state index in [-0.39, 0.29) is 29.8 Å². The Morgan fingerprint density at radius 2 is 1.71 bits per heavy atom. The molecule has 1 fully saturated rings. The van der Waals surface area contributed by atoms with Crippen LogP contribution in [-0.2, 0) is 4.79 Å². The Kier molecular flexibility index (Phi) is 6.81. The van der Waals surface area contributed by atoms with Crippen LogP contribution in [0.5, 0.6) is 0 Å². The maximum Gasteiger partial charge on any atom is 0.251 e. The number of nitrogens with one attached hydrogen (secondary N) is 2. The van der Waals surface area contributed by atoms with Gasteiger partial charge in [-0.25, -0.2) is 0 Å². The van der Waals surface area contributed by atoms with Crippen LogP contribution >= 0.6 is 12.4 Å². The van der Waals surface area contributed by atoms with Gasteiger partial charge in [0, 0.05) is 16.8 Å². The predicted octanol–water partition coefficient (Wildman–Crippen LogP) is 3.24. The van der Waals surface area contributed by atoms with Gasteiger partial charge in [0.1, 0.15) is 0 Å². The van der Waals surface area contributed by atoms with E-state index < -0.39 is 5.54 Å². The summed E-state index contributed by atoms with van der Waals surface area (Å²) in [5.41, 5.74) is 6.39. The highest BCUT2D eigenvalue weighted by Crippen LogP contribution is 2.28. The summed E-state index contributed by atoms with van der Waals surface area (Å²) >= 11 is 0. The normalized spacial score (nSPS) is 16.2. The number of amides is 2. The van der Waals surface area contributed by atoms with Crippen LogP contribution in [-0.4, -0.2) is 22.9 Å². The van der Waals surface area contributed by atoms with E-state index in [1.807, 2.05) is 20.8 Å². The van der Waals surface area contributed by atoms with Crippen molar-refractivity contribution in [2.24, 2.45) is 5.73 Å². The number of carbonyl (C=O) groups is 2. The number of nitrogens with two attached hydrogens (primary N) is 1. The van der Waals surface area contributed by atoms with Gasteiger partial charge in [-0.15, -0.1) is 12.4 Å². The summed E-state index contributed by atoms with van der Waals surface area (Å²) in [4.78, 5) is 24.5. The van der Waals surface area contributed by atoms with Crippen LogP contribution in [0, 0.1) is 0 Å². The van der Waals surface area contributed by atoms with E-state index in [1.165, 1.54) is 0 Å². The fourth-order valence-corrected chi connectivity index (χ4v) is 2.66. The predicted molar refractivity (Wildman–Crippen MR) is 99.5 cm³/mol. The van der Waals surface area contributed by atoms with E-state index in [2.05, 4.69) is 10.6 Å². The summed E-state index contributed by atoms with van der Waals surface area (Å²) in [7, 11) is 0. The average molecular weight is 354 g/mol. The highest BCUT2D eigenvalue weighted by molar-refractivity contribution is 5.99. The number of halogens is 1. The molecule has 1 aliphatic carbocycles. The van der Waals surface area contributed by atoms with Crippen LogP contribution in [0.2, 0.25) is 0 Å². The first kappa shape index (κ1) is 20.5. The van der Waals surface area contributed by atoms with Gasteiger partial charge in [0.25, 0.3) is 5.91 Å². The second-order valence-electron chi connectivity index (χ2n) is 7.09. The zero-order chi connectivity index (χ0) is 17.1. The highest BCUT2D eigenvalue weighted by Gasteiger charge is 2.36. The third-order valence-electron chi connectivity index (χ3n) is 4.69. The molecule has 0 radical (unpaired) electrons. The van der Waals surface area contributed by atoms with Crippen LogP contribution in [0.4, 0.5) is 5.69 Å². The maximum atomic E-state index is 12.3. The Hall–Kier alpha value is -1.59. The molecule has 5 nitrogen and oxygen atoms in total. The summed E-state index contributed by atoms with van der Waals surface area (Å²) in [5.74, 6) is -0.250. The van der Waals surface area contributed by atoms with Crippen LogP contribution in [0.15, 0.2) is 24.3 Å². The first-order chi connectivity index (χ1) is 10.8. The highest BCUT2D eigenvalue weighted by atomic mass is 35.5. The largest absolute Gasteiger partial charge is 0.347 e. The third kappa shape index (κ3) is 4.95. The minimum Gasteiger partial charge on any atom is -0.347 e. The van der Waals surface area contributed by atoms with Gasteiger partial charge in [0.2, 0.25) is 5.91 Å². The number of rotatable bonds is 5. The van der Waals surface area contributed by atoms with Crippen molar-refractivity contribution >= 4 is 29.9 Å². The zero-order valence-electron chi connectivity index (χ0n) is 14.6. The van der Waals surface area contributed by atoms with Crippen LogP contribution < -0.4 is 16.4 Å². The van der Waals surface area contributed by atoms with Crippen LogP contribution in [0.25, 0.3) is 0 Å². The Morgan fingerprint density at radius 1 is 1.17 bits per heavy atom. The number of benzene rings is 1. The Labute approximate surface area is 150 Å². The Morgan fingerprint density at radius 3 is 2.21 bits per heavy atom. The summed E-state index contributed by atoms with van der Waals surface area (Å²) < 4.78 is 0. The topological polar surface area (TPSA) is 84.2 Å². The molecule has 0 atom stereocenters. The number of hydrogen-bond acceptors (Lipinski definition) is 3. The van der Waals surface area contributed by atoms with E-state index in [0.29, 0.717) is 11.3 Å². The maximum absolute atomic E-state index is 12.3. The van der Waals surface area contributed by atoms with Gasteiger partial charge in [0.15, 0.2) is 0 Å². The first-order valence-electron chi connectivity index (χ1n) is 8.29. The number of anilines is 1. The molecule has 4 N–H and O–H groups in total. The number of carbonyl (C=O) groups excluding carboxylic acids is 2. The van der Waals surface area contributed by atoms with Crippen molar-refractivity contribution in [1.29, 1.82) is 0 Å². The average Bonchev–Trinajstić information content (AvgIpc) is 2.96. The Balaban J connectivity index is 0.00000288. The van der Waals surface area contributed by atoms with Gasteiger partial charge in [-0.2, -0.15) is 0 Å². The molecular formula is C18H28ClN3O2. The second-order valence-corrected chi connectivity index (χ2v) is 7.09. The molecule has 1 aliphatic rings. The minimum absolute atomic E-state index is 0. The molecule has 0 bridgehead atoms. The van der Waals surface area contributed by atoms with E-state index in [9.17, 15) is 9.59 Å². The van der Waals surface area contributed by atoms with Crippen molar-refractivity contribution in [1.82, 2.24) is 5.32 Å². The van der Waals surface area contributed by atoms with E-state index in [1.54, 1.807) is 24.3 Å². The van der Waals surface area contributed by atoms with E-state index in [4.69, 9.17) is 5.73 Å². The molecule has 2 amide bonds. The molecular weight excluding hydrogens is 326 g/mol. The van der Waals surface area contributed by atoms with Crippen molar-refractivity contribution in [2.45, 2.75) is 64.0 Å². The molecule has 1 aromatic carbocycles. The lowest BCUT2D eigenvalue weighted by molar-refractivity contribution is -0.121. The fraction of sp³-hybridized carbons (Fsp3) is 0.556. The molecule has 1 saturated carbocycles. The molecule has 0 unspecified atom stereocenters. The molecule has 0 spiro atoms. The van der Waals surface area contributed by atoms with E-state index in [0.717, 1.165) is 32.1 Å². The van der Waals surface area contributed by atoms with Crippen LogP contribution in [0.1, 0.15) is 63.2 Å². The smallest absolute Gasteiger partial charge is 0.251 e. The fourth-order valence-electron chi connectivity index (χ4n) is 2.66. The lowest BCUT2D eigenvalue weighted by Gasteiger charge is -2.24. The molecule has 1 aromatic rings. The van der Waals surface area contributed by atoms with Crippen LogP contribution in [0.3, 0.4) is 0 Å². The van der Waals surface area contributed by atoms with Crippen molar-refractivity contribution in [3.05, 3.63) is 29.8 Å².